The average molecular weight is 512 g/mol. The fourth-order valence-corrected chi connectivity index (χ4v) is 5.79. The number of urea groups is 1. The van der Waals surface area contributed by atoms with Crippen LogP contribution in [0.5, 0.6) is 11.5 Å². The highest BCUT2D eigenvalue weighted by molar-refractivity contribution is 6.31. The zero-order chi connectivity index (χ0) is 25.4. The maximum atomic E-state index is 13.1. The number of carbonyl (C=O) groups excluding carboxylic acids is 1. The molecule has 0 radical (unpaired) electrons. The Balaban J connectivity index is 1.47. The number of anilines is 1. The molecule has 1 aliphatic carbocycles. The highest BCUT2D eigenvalue weighted by atomic mass is 35.5. The summed E-state index contributed by atoms with van der Waals surface area (Å²) in [5, 5.41) is 5.05. The molecule has 1 saturated carbocycles. The molecule has 2 aromatic rings. The van der Waals surface area contributed by atoms with Gasteiger partial charge >= 0.3 is 12.2 Å². The minimum absolute atomic E-state index is 0.0349. The Morgan fingerprint density at radius 3 is 2.54 bits per heavy atom. The van der Waals surface area contributed by atoms with Crippen LogP contribution in [0.25, 0.3) is 0 Å². The SMILES string of the molecule is COc1ccc([C@@]23CC[C@H](NC(=O)Nc4ccc(Cl)c(C(F)(F)F)c4)C[C@H]2N(C)CC3)cc1OC. The molecule has 0 bridgehead atoms. The lowest BCUT2D eigenvalue weighted by Crippen LogP contribution is -2.52. The third-order valence-corrected chi connectivity index (χ3v) is 7.68. The molecule has 4 rings (SSSR count). The molecule has 2 fully saturated rings. The number of nitrogens with zero attached hydrogens (tertiary/aromatic N) is 1. The van der Waals surface area contributed by atoms with Crippen LogP contribution >= 0.6 is 11.6 Å². The van der Waals surface area contributed by atoms with Gasteiger partial charge < -0.3 is 25.0 Å². The Labute approximate surface area is 207 Å². The van der Waals surface area contributed by atoms with Crippen LogP contribution in [-0.4, -0.2) is 50.8 Å². The van der Waals surface area contributed by atoms with Gasteiger partial charge in [-0.1, -0.05) is 17.7 Å². The minimum atomic E-state index is -4.60. The van der Waals surface area contributed by atoms with Crippen LogP contribution in [0.1, 0.15) is 36.8 Å². The Bertz CT molecular complexity index is 1100. The number of methoxy groups -OCH3 is 2. The summed E-state index contributed by atoms with van der Waals surface area (Å²) in [5.41, 5.74) is 0.170. The van der Waals surface area contributed by atoms with E-state index in [0.29, 0.717) is 11.5 Å². The smallest absolute Gasteiger partial charge is 0.417 e. The molecule has 0 spiro atoms. The van der Waals surface area contributed by atoms with Gasteiger partial charge in [-0.3, -0.25) is 0 Å². The van der Waals surface area contributed by atoms with Crippen LogP contribution in [-0.2, 0) is 11.6 Å². The zero-order valence-corrected chi connectivity index (χ0v) is 20.6. The predicted molar refractivity (Wildman–Crippen MR) is 129 cm³/mol. The van der Waals surface area contributed by atoms with Crippen molar-refractivity contribution in [1.82, 2.24) is 10.2 Å². The molecule has 190 valence electrons. The van der Waals surface area contributed by atoms with Crippen molar-refractivity contribution in [3.8, 4) is 11.5 Å². The number of benzene rings is 2. The predicted octanol–water partition coefficient (Wildman–Crippen LogP) is 5.69. The van der Waals surface area contributed by atoms with Gasteiger partial charge in [-0.25, -0.2) is 4.79 Å². The van der Waals surface area contributed by atoms with E-state index >= 15 is 0 Å². The zero-order valence-electron chi connectivity index (χ0n) is 19.8. The van der Waals surface area contributed by atoms with Crippen molar-refractivity contribution >= 4 is 23.3 Å². The first-order valence-corrected chi connectivity index (χ1v) is 11.8. The van der Waals surface area contributed by atoms with Crippen LogP contribution in [0.2, 0.25) is 5.02 Å². The van der Waals surface area contributed by atoms with Gasteiger partial charge in [0.05, 0.1) is 24.8 Å². The lowest BCUT2D eigenvalue weighted by Gasteiger charge is -2.45. The molecule has 35 heavy (non-hydrogen) atoms. The molecule has 2 amide bonds. The van der Waals surface area contributed by atoms with Crippen LogP contribution in [0.3, 0.4) is 0 Å². The molecule has 1 heterocycles. The number of likely N-dealkylation sites (N-methyl/N-ethyl adjacent to an activating group) is 1. The molecule has 1 aliphatic heterocycles. The molecule has 1 saturated heterocycles. The maximum Gasteiger partial charge on any atom is 0.417 e. The first-order chi connectivity index (χ1) is 16.6. The van der Waals surface area contributed by atoms with E-state index in [2.05, 4.69) is 28.6 Å². The highest BCUT2D eigenvalue weighted by Crippen LogP contribution is 2.50. The van der Waals surface area contributed by atoms with E-state index in [0.717, 1.165) is 44.4 Å². The number of hydrogen-bond acceptors (Lipinski definition) is 4. The van der Waals surface area contributed by atoms with E-state index in [9.17, 15) is 18.0 Å². The van der Waals surface area contributed by atoms with Gasteiger partial charge in [0, 0.05) is 23.2 Å². The minimum Gasteiger partial charge on any atom is -0.493 e. The molecule has 10 heteroatoms. The van der Waals surface area contributed by atoms with Gasteiger partial charge in [-0.2, -0.15) is 13.2 Å². The number of nitrogens with one attached hydrogen (secondary N) is 2. The summed E-state index contributed by atoms with van der Waals surface area (Å²) in [7, 11) is 5.31. The van der Waals surface area contributed by atoms with Gasteiger partial charge in [0.25, 0.3) is 0 Å². The Hall–Kier alpha value is -2.65. The highest BCUT2D eigenvalue weighted by Gasteiger charge is 2.50. The fourth-order valence-electron chi connectivity index (χ4n) is 5.57. The lowest BCUT2D eigenvalue weighted by molar-refractivity contribution is -0.137. The first kappa shape index (κ1) is 25.4. The summed E-state index contributed by atoms with van der Waals surface area (Å²) in [6.45, 7) is 0.933. The van der Waals surface area contributed by atoms with Crippen LogP contribution in [0.4, 0.5) is 23.7 Å². The van der Waals surface area contributed by atoms with Crippen molar-refractivity contribution in [3.05, 3.63) is 52.5 Å². The van der Waals surface area contributed by atoms with E-state index < -0.39 is 22.8 Å². The third kappa shape index (κ3) is 5.02. The Kier molecular flexibility index (Phi) is 7.11. The van der Waals surface area contributed by atoms with Crippen molar-refractivity contribution in [2.45, 2.75) is 49.4 Å². The molecule has 0 aromatic heterocycles. The monoisotopic (exact) mass is 511 g/mol. The van der Waals surface area contributed by atoms with E-state index in [4.69, 9.17) is 21.1 Å². The number of fused-ring (bicyclic) bond motifs is 1. The summed E-state index contributed by atoms with van der Waals surface area (Å²) >= 11 is 5.67. The van der Waals surface area contributed by atoms with Crippen molar-refractivity contribution in [2.24, 2.45) is 0 Å². The lowest BCUT2D eigenvalue weighted by atomic mass is 9.65. The molecular weight excluding hydrogens is 483 g/mol. The van der Waals surface area contributed by atoms with Gasteiger partial charge in [0.15, 0.2) is 11.5 Å². The quantitative estimate of drug-likeness (QED) is 0.541. The second kappa shape index (κ2) is 9.78. The van der Waals surface area contributed by atoms with Crippen LogP contribution in [0.15, 0.2) is 36.4 Å². The molecule has 2 N–H and O–H groups in total. The van der Waals surface area contributed by atoms with Gasteiger partial charge in [-0.05, 0) is 75.2 Å². The Morgan fingerprint density at radius 2 is 1.86 bits per heavy atom. The van der Waals surface area contributed by atoms with Crippen molar-refractivity contribution in [3.63, 3.8) is 0 Å². The Morgan fingerprint density at radius 1 is 1.11 bits per heavy atom. The summed E-state index contributed by atoms with van der Waals surface area (Å²) in [6.07, 6.45) is -1.27. The topological polar surface area (TPSA) is 62.8 Å². The van der Waals surface area contributed by atoms with Gasteiger partial charge in [-0.15, -0.1) is 0 Å². The standard InChI is InChI=1S/C25H29ClF3N3O3/c1-32-11-10-24(15-4-7-20(34-2)21(12-15)35-3)9-8-17(14-22(24)32)31-23(33)30-16-5-6-19(26)18(13-16)25(27,28)29/h4-7,12-13,17,22H,8-11,14H2,1-3H3,(H2,30,31,33)/t17-,22+,24-/m0/s1. The number of rotatable bonds is 5. The number of amides is 2. The number of halogens is 4. The number of ether oxygens (including phenoxy) is 2. The summed E-state index contributed by atoms with van der Waals surface area (Å²) in [6, 6.07) is 8.94. The number of carbonyl (C=O) groups is 1. The fraction of sp³-hybridized carbons (Fsp3) is 0.480. The molecular formula is C25H29ClF3N3O3. The maximum absolute atomic E-state index is 13.1. The number of likely N-dealkylation sites (tertiary alicyclic amines) is 1. The molecule has 2 aromatic carbocycles. The van der Waals surface area contributed by atoms with E-state index in [1.807, 2.05) is 12.1 Å². The summed E-state index contributed by atoms with van der Waals surface area (Å²) in [5.74, 6) is 1.37. The molecule has 0 unspecified atom stereocenters. The van der Waals surface area contributed by atoms with E-state index in [1.165, 1.54) is 11.6 Å². The molecule has 6 nitrogen and oxygen atoms in total. The first-order valence-electron chi connectivity index (χ1n) is 11.4. The van der Waals surface area contributed by atoms with Crippen LogP contribution < -0.4 is 20.1 Å². The largest absolute Gasteiger partial charge is 0.493 e. The molecule has 3 atom stereocenters. The normalized spacial score (nSPS) is 24.5. The average Bonchev–Trinajstić information content (AvgIpc) is 3.16. The van der Waals surface area contributed by atoms with Crippen molar-refractivity contribution in [1.29, 1.82) is 0 Å². The van der Waals surface area contributed by atoms with Crippen LogP contribution in [0, 0.1) is 0 Å². The third-order valence-electron chi connectivity index (χ3n) is 7.35. The van der Waals surface area contributed by atoms with Gasteiger partial charge in [0.2, 0.25) is 0 Å². The number of alkyl halides is 3. The second-order valence-electron chi connectivity index (χ2n) is 9.23. The van der Waals surface area contributed by atoms with Gasteiger partial charge in [0.1, 0.15) is 0 Å². The number of hydrogen-bond donors (Lipinski definition) is 2. The van der Waals surface area contributed by atoms with E-state index in [1.54, 1.807) is 14.2 Å². The molecule has 2 aliphatic rings. The van der Waals surface area contributed by atoms with E-state index in [-0.39, 0.29) is 23.2 Å². The summed E-state index contributed by atoms with van der Waals surface area (Å²) < 4.78 is 50.3. The summed E-state index contributed by atoms with van der Waals surface area (Å²) in [4.78, 5) is 14.9. The second-order valence-corrected chi connectivity index (χ2v) is 9.64. The van der Waals surface area contributed by atoms with Crippen molar-refractivity contribution in [2.75, 3.05) is 33.1 Å². The van der Waals surface area contributed by atoms with Crippen molar-refractivity contribution < 1.29 is 27.4 Å².